The van der Waals surface area contributed by atoms with Gasteiger partial charge in [-0.05, 0) is 36.5 Å². The first kappa shape index (κ1) is 21.9. The van der Waals surface area contributed by atoms with Crippen molar-refractivity contribution >= 4 is 23.6 Å². The molecular formula is C25H34N6O2. The second kappa shape index (κ2) is 9.17. The molecule has 8 heteroatoms. The number of carbonyl (C=O) groups excluding carboxylic acids is 1. The van der Waals surface area contributed by atoms with Crippen LogP contribution in [0.2, 0.25) is 0 Å². The third kappa shape index (κ3) is 4.49. The van der Waals surface area contributed by atoms with E-state index in [4.69, 9.17) is 4.74 Å². The molecule has 1 fully saturated rings. The van der Waals surface area contributed by atoms with Crippen LogP contribution in [0.4, 0.5) is 5.69 Å². The molecule has 0 aromatic heterocycles. The zero-order valence-electron chi connectivity index (χ0n) is 19.6. The van der Waals surface area contributed by atoms with E-state index in [0.29, 0.717) is 31.4 Å². The zero-order chi connectivity index (χ0) is 22.9. The molecule has 0 aliphatic carbocycles. The third-order valence-electron chi connectivity index (χ3n) is 7.21. The summed E-state index contributed by atoms with van der Waals surface area (Å²) in [4.78, 5) is 16.1. The Labute approximate surface area is 195 Å². The lowest BCUT2D eigenvalue weighted by molar-refractivity contribution is -0.128. The van der Waals surface area contributed by atoms with Crippen LogP contribution >= 0.6 is 0 Å². The van der Waals surface area contributed by atoms with E-state index in [0.717, 1.165) is 62.3 Å². The molecule has 1 aromatic rings. The molecule has 2 unspecified atom stereocenters. The Morgan fingerprint density at radius 2 is 2.15 bits per heavy atom. The van der Waals surface area contributed by atoms with E-state index in [2.05, 4.69) is 33.5 Å². The molecule has 2 atom stereocenters. The van der Waals surface area contributed by atoms with Gasteiger partial charge < -0.3 is 19.9 Å². The summed E-state index contributed by atoms with van der Waals surface area (Å²) in [5.41, 5.74) is 5.74. The predicted octanol–water partition coefficient (Wildman–Crippen LogP) is 2.32. The van der Waals surface area contributed by atoms with Crippen LogP contribution in [-0.2, 0) is 16.0 Å². The Kier molecular flexibility index (Phi) is 6.10. The van der Waals surface area contributed by atoms with Crippen LogP contribution in [0.25, 0.3) is 0 Å². The summed E-state index contributed by atoms with van der Waals surface area (Å²) in [7, 11) is 2.00. The molecule has 2 N–H and O–H groups in total. The number of fused-ring (bicyclic) bond motifs is 1. The number of hydrogen-bond donors (Lipinski definition) is 2. The molecule has 4 heterocycles. The Morgan fingerprint density at radius 3 is 2.88 bits per heavy atom. The largest absolute Gasteiger partial charge is 0.383 e. The fraction of sp³-hybridized carbons (Fsp3) is 0.560. The first-order valence-corrected chi connectivity index (χ1v) is 12.1. The first-order valence-electron chi connectivity index (χ1n) is 12.1. The van der Waals surface area contributed by atoms with Crippen molar-refractivity contribution in [2.75, 3.05) is 51.3 Å². The van der Waals surface area contributed by atoms with Crippen LogP contribution < -0.4 is 10.2 Å². The molecule has 33 heavy (non-hydrogen) atoms. The number of ether oxygens (including phenoxy) is 1. The summed E-state index contributed by atoms with van der Waals surface area (Å²) in [6.07, 6.45) is 5.80. The van der Waals surface area contributed by atoms with E-state index in [1.807, 2.05) is 23.2 Å². The summed E-state index contributed by atoms with van der Waals surface area (Å²) >= 11 is 0. The van der Waals surface area contributed by atoms with Gasteiger partial charge in [0.2, 0.25) is 5.91 Å². The molecule has 1 aromatic carbocycles. The number of nitrogens with one attached hydrogen (secondary N) is 2. The maximum atomic E-state index is 12.1. The molecule has 0 radical (unpaired) electrons. The average molecular weight is 451 g/mol. The Bertz CT molecular complexity index is 997. The number of hydrazone groups is 1. The van der Waals surface area contributed by atoms with Crippen molar-refractivity contribution < 1.29 is 9.53 Å². The lowest BCUT2D eigenvalue weighted by Gasteiger charge is -2.37. The minimum absolute atomic E-state index is 0.0652. The highest BCUT2D eigenvalue weighted by Crippen LogP contribution is 2.33. The van der Waals surface area contributed by atoms with E-state index in [-0.39, 0.29) is 11.9 Å². The first-order chi connectivity index (χ1) is 16.0. The predicted molar refractivity (Wildman–Crippen MR) is 130 cm³/mol. The van der Waals surface area contributed by atoms with Crippen LogP contribution in [0.3, 0.4) is 0 Å². The van der Waals surface area contributed by atoms with Gasteiger partial charge in [0, 0.05) is 75.7 Å². The molecule has 0 bridgehead atoms. The van der Waals surface area contributed by atoms with Crippen molar-refractivity contribution in [3.05, 3.63) is 40.6 Å². The summed E-state index contributed by atoms with van der Waals surface area (Å²) in [6, 6.07) is 6.95. The number of likely N-dealkylation sites (N-methyl/N-ethyl adjacent to an activating group) is 1. The molecule has 1 saturated heterocycles. The molecule has 176 valence electrons. The van der Waals surface area contributed by atoms with Gasteiger partial charge in [0.15, 0.2) is 0 Å². The number of anilines is 1. The Hall–Kier alpha value is -2.87. The van der Waals surface area contributed by atoms with Gasteiger partial charge in [-0.15, -0.1) is 0 Å². The Balaban J connectivity index is 1.42. The third-order valence-corrected chi connectivity index (χ3v) is 7.21. The van der Waals surface area contributed by atoms with Gasteiger partial charge in [-0.2, -0.15) is 5.10 Å². The van der Waals surface area contributed by atoms with Crippen molar-refractivity contribution in [1.29, 1.82) is 5.41 Å². The van der Waals surface area contributed by atoms with E-state index in [1.165, 1.54) is 11.1 Å². The number of benzene rings is 1. The molecule has 0 spiro atoms. The van der Waals surface area contributed by atoms with E-state index >= 15 is 0 Å². The van der Waals surface area contributed by atoms with Crippen LogP contribution in [-0.4, -0.2) is 80.3 Å². The van der Waals surface area contributed by atoms with Crippen molar-refractivity contribution in [3.8, 4) is 0 Å². The van der Waals surface area contributed by atoms with Gasteiger partial charge in [-0.1, -0.05) is 12.1 Å². The SMILES string of the molecule is CC(=O)N1CCC(NC2CCOC2)=C(C(=N)N2CCCc3cc(C4C=NN(C)C4)ccc32)C1. The maximum absolute atomic E-state index is 12.1. The molecule has 0 saturated carbocycles. The second-order valence-electron chi connectivity index (χ2n) is 9.56. The molecule has 1 amide bonds. The lowest BCUT2D eigenvalue weighted by atomic mass is 9.93. The number of amidine groups is 1. The van der Waals surface area contributed by atoms with Crippen LogP contribution in [0, 0.1) is 5.41 Å². The minimum atomic E-state index is 0.0652. The number of carbonyl (C=O) groups is 1. The summed E-state index contributed by atoms with van der Waals surface area (Å²) in [5, 5.41) is 19.2. The smallest absolute Gasteiger partial charge is 0.219 e. The van der Waals surface area contributed by atoms with Gasteiger partial charge in [0.1, 0.15) is 5.84 Å². The van der Waals surface area contributed by atoms with Crippen molar-refractivity contribution in [3.63, 3.8) is 0 Å². The van der Waals surface area contributed by atoms with Gasteiger partial charge in [0.25, 0.3) is 0 Å². The minimum Gasteiger partial charge on any atom is -0.383 e. The summed E-state index contributed by atoms with van der Waals surface area (Å²) in [6.45, 7) is 6.01. The molecule has 4 aliphatic rings. The molecular weight excluding hydrogens is 416 g/mol. The maximum Gasteiger partial charge on any atom is 0.219 e. The summed E-state index contributed by atoms with van der Waals surface area (Å²) in [5.74, 6) is 0.901. The quantitative estimate of drug-likeness (QED) is 0.543. The number of rotatable bonds is 4. The Morgan fingerprint density at radius 1 is 1.27 bits per heavy atom. The fourth-order valence-electron chi connectivity index (χ4n) is 5.31. The van der Waals surface area contributed by atoms with E-state index in [9.17, 15) is 10.2 Å². The number of aryl methyl sites for hydroxylation is 1. The topological polar surface area (TPSA) is 84.3 Å². The van der Waals surface area contributed by atoms with Crippen molar-refractivity contribution in [2.24, 2.45) is 5.10 Å². The average Bonchev–Trinajstić information content (AvgIpc) is 3.49. The number of amides is 1. The van der Waals surface area contributed by atoms with Crippen LogP contribution in [0.15, 0.2) is 34.6 Å². The lowest BCUT2D eigenvalue weighted by Crippen LogP contribution is -2.46. The fourth-order valence-corrected chi connectivity index (χ4v) is 5.31. The zero-order valence-corrected chi connectivity index (χ0v) is 19.6. The van der Waals surface area contributed by atoms with Gasteiger partial charge in [0.05, 0.1) is 19.2 Å². The molecule has 8 nitrogen and oxygen atoms in total. The molecule has 4 aliphatic heterocycles. The highest BCUT2D eigenvalue weighted by atomic mass is 16.5. The highest BCUT2D eigenvalue weighted by molar-refractivity contribution is 6.09. The van der Waals surface area contributed by atoms with Crippen molar-refractivity contribution in [1.82, 2.24) is 15.2 Å². The van der Waals surface area contributed by atoms with Gasteiger partial charge in [-0.3, -0.25) is 15.2 Å². The van der Waals surface area contributed by atoms with Crippen LogP contribution in [0.1, 0.15) is 43.2 Å². The second-order valence-corrected chi connectivity index (χ2v) is 9.56. The monoisotopic (exact) mass is 450 g/mol. The normalized spacial score (nSPS) is 25.0. The number of nitrogens with zero attached hydrogens (tertiary/aromatic N) is 4. The van der Waals surface area contributed by atoms with E-state index in [1.54, 1.807) is 6.92 Å². The van der Waals surface area contributed by atoms with E-state index < -0.39 is 0 Å². The number of hydrogen-bond acceptors (Lipinski definition) is 6. The summed E-state index contributed by atoms with van der Waals surface area (Å²) < 4.78 is 5.55. The van der Waals surface area contributed by atoms with Gasteiger partial charge >= 0.3 is 0 Å². The van der Waals surface area contributed by atoms with Crippen molar-refractivity contribution in [2.45, 2.75) is 44.6 Å². The highest BCUT2D eigenvalue weighted by Gasteiger charge is 2.30. The van der Waals surface area contributed by atoms with Crippen LogP contribution in [0.5, 0.6) is 0 Å². The molecule has 5 rings (SSSR count). The standard InChI is InChI=1S/C25H34N6O2/c1-17(32)30-10-7-23(28-21-8-11-33-16-21)22(15-30)25(26)31-9-3-4-19-12-18(5-6-24(19)31)20-13-27-29(2)14-20/h5-6,12-13,20-21,26,28H,3-4,7-11,14-16H2,1-2H3. The van der Waals surface area contributed by atoms with Gasteiger partial charge in [-0.25, -0.2) is 0 Å².